The number of rotatable bonds is 11. The highest BCUT2D eigenvalue weighted by atomic mass is 16.5. The van der Waals surface area contributed by atoms with Gasteiger partial charge in [-0.1, -0.05) is 13.8 Å². The molecule has 19 heavy (non-hydrogen) atoms. The summed E-state index contributed by atoms with van der Waals surface area (Å²) in [6.07, 6.45) is 3.82. The Morgan fingerprint density at radius 1 is 1.26 bits per heavy atom. The fourth-order valence-electron chi connectivity index (χ4n) is 2.57. The van der Waals surface area contributed by atoms with E-state index in [0.29, 0.717) is 6.61 Å². The zero-order chi connectivity index (χ0) is 13.9. The third-order valence-corrected chi connectivity index (χ3v) is 3.60. The number of nitrogens with zero attached hydrogens (tertiary/aromatic N) is 1. The van der Waals surface area contributed by atoms with Crippen LogP contribution < -0.4 is 5.32 Å². The van der Waals surface area contributed by atoms with Gasteiger partial charge in [0.15, 0.2) is 0 Å². The molecule has 1 rings (SSSR count). The molecule has 4 heteroatoms. The van der Waals surface area contributed by atoms with Crippen LogP contribution in [-0.4, -0.2) is 64.1 Å². The predicted molar refractivity (Wildman–Crippen MR) is 79.6 cm³/mol. The van der Waals surface area contributed by atoms with Crippen LogP contribution in [0.3, 0.4) is 0 Å². The van der Waals surface area contributed by atoms with Crippen molar-refractivity contribution in [3.05, 3.63) is 0 Å². The third-order valence-electron chi connectivity index (χ3n) is 3.60. The van der Waals surface area contributed by atoms with Crippen molar-refractivity contribution in [3.63, 3.8) is 0 Å². The van der Waals surface area contributed by atoms with Crippen molar-refractivity contribution >= 4 is 0 Å². The highest BCUT2D eigenvalue weighted by molar-refractivity contribution is 4.80. The van der Waals surface area contributed by atoms with Crippen molar-refractivity contribution in [3.8, 4) is 0 Å². The van der Waals surface area contributed by atoms with Gasteiger partial charge in [0.25, 0.3) is 0 Å². The van der Waals surface area contributed by atoms with Gasteiger partial charge >= 0.3 is 0 Å². The lowest BCUT2D eigenvalue weighted by Gasteiger charge is -2.25. The molecule has 1 aliphatic heterocycles. The molecule has 1 N–H and O–H groups in total. The molecule has 0 aliphatic carbocycles. The Labute approximate surface area is 118 Å². The summed E-state index contributed by atoms with van der Waals surface area (Å²) in [7, 11) is 1.71. The van der Waals surface area contributed by atoms with Crippen LogP contribution in [0.25, 0.3) is 0 Å². The minimum atomic E-state index is 0.700. The normalized spacial score (nSPS) is 20.5. The summed E-state index contributed by atoms with van der Waals surface area (Å²) in [5.41, 5.74) is 0. The summed E-state index contributed by atoms with van der Waals surface area (Å²) < 4.78 is 10.5. The molecular formula is C15H32N2O2. The lowest BCUT2D eigenvalue weighted by Crippen LogP contribution is -2.39. The fraction of sp³-hybridized carbons (Fsp3) is 1.00. The Kier molecular flexibility index (Phi) is 9.43. The zero-order valence-corrected chi connectivity index (χ0v) is 13.0. The Hall–Kier alpha value is -0.160. The maximum Gasteiger partial charge on any atom is 0.0700 e. The van der Waals surface area contributed by atoms with Gasteiger partial charge in [-0.3, -0.25) is 4.90 Å². The second kappa shape index (κ2) is 10.6. The van der Waals surface area contributed by atoms with Gasteiger partial charge in [0.1, 0.15) is 0 Å². The van der Waals surface area contributed by atoms with Crippen LogP contribution >= 0.6 is 0 Å². The molecule has 0 radical (unpaired) electrons. The molecule has 0 aromatic heterocycles. The second-order valence-corrected chi connectivity index (χ2v) is 5.84. The van der Waals surface area contributed by atoms with Crippen LogP contribution in [0, 0.1) is 5.92 Å². The lowest BCUT2D eigenvalue weighted by atomic mass is 10.2. The first-order chi connectivity index (χ1) is 9.24. The van der Waals surface area contributed by atoms with Crippen molar-refractivity contribution in [1.29, 1.82) is 0 Å². The first kappa shape index (κ1) is 16.9. The van der Waals surface area contributed by atoms with E-state index in [2.05, 4.69) is 24.1 Å². The fourth-order valence-corrected chi connectivity index (χ4v) is 2.57. The smallest absolute Gasteiger partial charge is 0.0700 e. The summed E-state index contributed by atoms with van der Waals surface area (Å²) in [6, 6.07) is 0.734. The SMILES string of the molecule is COCCOCCCN1CCCC1CNCC(C)C. The largest absolute Gasteiger partial charge is 0.382 e. The quantitative estimate of drug-likeness (QED) is 0.581. The second-order valence-electron chi connectivity index (χ2n) is 5.84. The maximum absolute atomic E-state index is 5.51. The summed E-state index contributed by atoms with van der Waals surface area (Å²) in [6.45, 7) is 11.5. The third kappa shape index (κ3) is 7.88. The average molecular weight is 272 g/mol. The van der Waals surface area contributed by atoms with Gasteiger partial charge in [-0.05, 0) is 38.3 Å². The Balaban J connectivity index is 2.04. The van der Waals surface area contributed by atoms with E-state index in [1.54, 1.807) is 7.11 Å². The summed E-state index contributed by atoms with van der Waals surface area (Å²) >= 11 is 0. The van der Waals surface area contributed by atoms with E-state index in [4.69, 9.17) is 9.47 Å². The van der Waals surface area contributed by atoms with Crippen LogP contribution in [0.1, 0.15) is 33.1 Å². The molecule has 1 unspecified atom stereocenters. The summed E-state index contributed by atoms with van der Waals surface area (Å²) in [4.78, 5) is 2.62. The van der Waals surface area contributed by atoms with Gasteiger partial charge in [0.05, 0.1) is 13.2 Å². The number of likely N-dealkylation sites (tertiary alicyclic amines) is 1. The van der Waals surface area contributed by atoms with Gasteiger partial charge in [-0.25, -0.2) is 0 Å². The first-order valence-corrected chi connectivity index (χ1v) is 7.75. The van der Waals surface area contributed by atoms with E-state index < -0.39 is 0 Å². The minimum absolute atomic E-state index is 0.700. The molecule has 0 bridgehead atoms. The highest BCUT2D eigenvalue weighted by Crippen LogP contribution is 2.16. The van der Waals surface area contributed by atoms with E-state index in [0.717, 1.165) is 44.7 Å². The molecule has 0 amide bonds. The highest BCUT2D eigenvalue weighted by Gasteiger charge is 2.23. The Morgan fingerprint density at radius 3 is 2.84 bits per heavy atom. The lowest BCUT2D eigenvalue weighted by molar-refractivity contribution is 0.0646. The summed E-state index contributed by atoms with van der Waals surface area (Å²) in [5, 5.41) is 3.59. The number of nitrogens with one attached hydrogen (secondary N) is 1. The van der Waals surface area contributed by atoms with Crippen molar-refractivity contribution in [2.75, 3.05) is 53.1 Å². The summed E-state index contributed by atoms with van der Waals surface area (Å²) in [5.74, 6) is 0.740. The zero-order valence-electron chi connectivity index (χ0n) is 13.0. The molecule has 1 fully saturated rings. The minimum Gasteiger partial charge on any atom is -0.382 e. The van der Waals surface area contributed by atoms with E-state index in [1.807, 2.05) is 0 Å². The van der Waals surface area contributed by atoms with Gasteiger partial charge < -0.3 is 14.8 Å². The number of hydrogen-bond acceptors (Lipinski definition) is 4. The van der Waals surface area contributed by atoms with Crippen molar-refractivity contribution in [2.24, 2.45) is 5.92 Å². The van der Waals surface area contributed by atoms with E-state index in [1.165, 1.54) is 25.9 Å². The van der Waals surface area contributed by atoms with E-state index >= 15 is 0 Å². The molecule has 0 spiro atoms. The number of hydrogen-bond donors (Lipinski definition) is 1. The molecular weight excluding hydrogens is 240 g/mol. The number of methoxy groups -OCH3 is 1. The van der Waals surface area contributed by atoms with Gasteiger partial charge in [-0.15, -0.1) is 0 Å². The molecule has 4 nitrogen and oxygen atoms in total. The van der Waals surface area contributed by atoms with Crippen LogP contribution in [0.5, 0.6) is 0 Å². The number of ether oxygens (including phenoxy) is 2. The van der Waals surface area contributed by atoms with Crippen LogP contribution in [0.4, 0.5) is 0 Å². The standard InChI is InChI=1S/C15H32N2O2/c1-14(2)12-16-13-15-6-4-7-17(15)8-5-9-19-11-10-18-3/h14-16H,4-13H2,1-3H3. The van der Waals surface area contributed by atoms with Gasteiger partial charge in [0, 0.05) is 32.8 Å². The van der Waals surface area contributed by atoms with Gasteiger partial charge in [0.2, 0.25) is 0 Å². The monoisotopic (exact) mass is 272 g/mol. The van der Waals surface area contributed by atoms with Crippen LogP contribution in [0.2, 0.25) is 0 Å². The Morgan fingerprint density at radius 2 is 2.11 bits per heavy atom. The van der Waals surface area contributed by atoms with Gasteiger partial charge in [-0.2, -0.15) is 0 Å². The predicted octanol–water partition coefficient (Wildman–Crippen LogP) is 1.75. The van der Waals surface area contributed by atoms with Crippen LogP contribution in [-0.2, 0) is 9.47 Å². The maximum atomic E-state index is 5.51. The molecule has 1 heterocycles. The molecule has 0 aromatic rings. The molecule has 1 saturated heterocycles. The average Bonchev–Trinajstić information content (AvgIpc) is 2.81. The van der Waals surface area contributed by atoms with E-state index in [9.17, 15) is 0 Å². The first-order valence-electron chi connectivity index (χ1n) is 7.75. The van der Waals surface area contributed by atoms with E-state index in [-0.39, 0.29) is 0 Å². The molecule has 1 aliphatic rings. The van der Waals surface area contributed by atoms with Crippen molar-refractivity contribution < 1.29 is 9.47 Å². The molecule has 0 aromatic carbocycles. The Bertz CT molecular complexity index is 212. The molecule has 1 atom stereocenters. The molecule has 0 saturated carbocycles. The van der Waals surface area contributed by atoms with Crippen molar-refractivity contribution in [2.45, 2.75) is 39.2 Å². The van der Waals surface area contributed by atoms with Crippen molar-refractivity contribution in [1.82, 2.24) is 10.2 Å². The van der Waals surface area contributed by atoms with Crippen LogP contribution in [0.15, 0.2) is 0 Å². The molecule has 114 valence electrons. The topological polar surface area (TPSA) is 33.7 Å².